The molecule has 1 aromatic carbocycles. The quantitative estimate of drug-likeness (QED) is 0.872. The van der Waals surface area contributed by atoms with Crippen LogP contribution in [0.25, 0.3) is 0 Å². The van der Waals surface area contributed by atoms with Gasteiger partial charge in [0.05, 0.1) is 0 Å². The number of amides is 1. The molecule has 18 heavy (non-hydrogen) atoms. The van der Waals surface area contributed by atoms with Crippen LogP contribution in [0.15, 0.2) is 18.2 Å². The number of benzene rings is 1. The van der Waals surface area contributed by atoms with Crippen molar-refractivity contribution in [2.45, 2.75) is 32.2 Å². The molecule has 0 saturated heterocycles. The molecule has 1 heterocycles. The van der Waals surface area contributed by atoms with Crippen molar-refractivity contribution in [3.63, 3.8) is 0 Å². The zero-order chi connectivity index (χ0) is 12.5. The summed E-state index contributed by atoms with van der Waals surface area (Å²) in [6.45, 7) is 2.43. The van der Waals surface area contributed by atoms with E-state index in [0.29, 0.717) is 29.0 Å². The van der Waals surface area contributed by atoms with Crippen LogP contribution >= 0.6 is 0 Å². The van der Waals surface area contributed by atoms with Crippen molar-refractivity contribution in [3.8, 4) is 11.5 Å². The number of nitrogens with one attached hydrogen (secondary N) is 1. The molecule has 3 rings (SSSR count). The van der Waals surface area contributed by atoms with Crippen molar-refractivity contribution in [2.75, 3.05) is 6.79 Å². The van der Waals surface area contributed by atoms with Gasteiger partial charge >= 0.3 is 0 Å². The van der Waals surface area contributed by atoms with Crippen LogP contribution in [0, 0.1) is 5.92 Å². The Morgan fingerprint density at radius 1 is 1.28 bits per heavy atom. The van der Waals surface area contributed by atoms with Gasteiger partial charge in [-0.25, -0.2) is 0 Å². The van der Waals surface area contributed by atoms with Gasteiger partial charge < -0.3 is 14.8 Å². The van der Waals surface area contributed by atoms with Crippen LogP contribution in [0.4, 0.5) is 0 Å². The predicted molar refractivity (Wildman–Crippen MR) is 66.8 cm³/mol. The third kappa shape index (κ3) is 2.03. The van der Waals surface area contributed by atoms with Crippen LogP contribution < -0.4 is 14.8 Å². The summed E-state index contributed by atoms with van der Waals surface area (Å²) >= 11 is 0. The van der Waals surface area contributed by atoms with Gasteiger partial charge in [0.1, 0.15) is 0 Å². The summed E-state index contributed by atoms with van der Waals surface area (Å²) in [5.41, 5.74) is 0.637. The second kappa shape index (κ2) is 4.52. The summed E-state index contributed by atoms with van der Waals surface area (Å²) in [5.74, 6) is 1.91. The fourth-order valence-electron chi connectivity index (χ4n) is 2.65. The van der Waals surface area contributed by atoms with Gasteiger partial charge in [-0.2, -0.15) is 0 Å². The second-order valence-electron chi connectivity index (χ2n) is 5.06. The monoisotopic (exact) mass is 247 g/mol. The predicted octanol–water partition coefficient (Wildman–Crippen LogP) is 2.33. The summed E-state index contributed by atoms with van der Waals surface area (Å²) < 4.78 is 10.5. The molecule has 0 radical (unpaired) electrons. The standard InChI is InChI=1S/C14H17NO3/c1-9-3-2-4-11(9)15-14(16)10-5-6-12-13(7-10)18-8-17-12/h5-7,9,11H,2-4,8H2,1H3,(H,15,16). The lowest BCUT2D eigenvalue weighted by Crippen LogP contribution is -2.36. The summed E-state index contributed by atoms with van der Waals surface area (Å²) in [6, 6.07) is 5.62. The van der Waals surface area contributed by atoms with Crippen molar-refractivity contribution >= 4 is 5.91 Å². The Kier molecular flexibility index (Phi) is 2.86. The molecule has 2 atom stereocenters. The number of ether oxygens (including phenoxy) is 2. The van der Waals surface area contributed by atoms with E-state index >= 15 is 0 Å². The molecular weight excluding hydrogens is 230 g/mol. The number of carbonyl (C=O) groups excluding carboxylic acids is 1. The molecule has 1 fully saturated rings. The van der Waals surface area contributed by atoms with Crippen LogP contribution in [-0.2, 0) is 0 Å². The molecule has 0 aromatic heterocycles. The fraction of sp³-hybridized carbons (Fsp3) is 0.500. The average Bonchev–Trinajstić information content (AvgIpc) is 2.98. The molecule has 2 unspecified atom stereocenters. The first kappa shape index (κ1) is 11.4. The number of rotatable bonds is 2. The number of hydrogen-bond donors (Lipinski definition) is 1. The number of hydrogen-bond acceptors (Lipinski definition) is 3. The van der Waals surface area contributed by atoms with Crippen molar-refractivity contribution in [3.05, 3.63) is 23.8 Å². The minimum atomic E-state index is -0.0212. The maximum atomic E-state index is 12.1. The van der Waals surface area contributed by atoms with Crippen LogP contribution in [0.3, 0.4) is 0 Å². The van der Waals surface area contributed by atoms with E-state index in [9.17, 15) is 4.79 Å². The third-order valence-corrected chi connectivity index (χ3v) is 3.81. The van der Waals surface area contributed by atoms with Crippen LogP contribution in [0.5, 0.6) is 11.5 Å². The first-order chi connectivity index (χ1) is 8.74. The van der Waals surface area contributed by atoms with Crippen molar-refractivity contribution in [2.24, 2.45) is 5.92 Å². The Bertz CT molecular complexity index is 472. The van der Waals surface area contributed by atoms with E-state index < -0.39 is 0 Å². The van der Waals surface area contributed by atoms with Gasteiger partial charge in [-0.15, -0.1) is 0 Å². The second-order valence-corrected chi connectivity index (χ2v) is 5.06. The van der Waals surface area contributed by atoms with E-state index in [-0.39, 0.29) is 12.7 Å². The lowest BCUT2D eigenvalue weighted by Gasteiger charge is -2.17. The molecule has 2 aliphatic rings. The Balaban J connectivity index is 1.72. The fourth-order valence-corrected chi connectivity index (χ4v) is 2.65. The molecule has 1 aliphatic carbocycles. The molecule has 96 valence electrons. The van der Waals surface area contributed by atoms with E-state index in [1.807, 2.05) is 0 Å². The van der Waals surface area contributed by atoms with E-state index in [2.05, 4.69) is 12.2 Å². The lowest BCUT2D eigenvalue weighted by atomic mass is 10.1. The van der Waals surface area contributed by atoms with Gasteiger partial charge in [-0.3, -0.25) is 4.79 Å². The lowest BCUT2D eigenvalue weighted by molar-refractivity contribution is 0.0929. The molecule has 1 N–H and O–H groups in total. The maximum absolute atomic E-state index is 12.1. The molecule has 4 nitrogen and oxygen atoms in total. The Morgan fingerprint density at radius 2 is 2.11 bits per heavy atom. The number of fused-ring (bicyclic) bond motifs is 1. The van der Waals surface area contributed by atoms with Gasteiger partial charge in [-0.05, 0) is 37.0 Å². The zero-order valence-electron chi connectivity index (χ0n) is 10.4. The van der Waals surface area contributed by atoms with Crippen molar-refractivity contribution < 1.29 is 14.3 Å². The summed E-state index contributed by atoms with van der Waals surface area (Å²) in [5, 5.41) is 3.10. The Morgan fingerprint density at radius 3 is 2.89 bits per heavy atom. The Hall–Kier alpha value is -1.71. The molecular formula is C14H17NO3. The molecule has 0 spiro atoms. The van der Waals surface area contributed by atoms with Crippen LogP contribution in [0.1, 0.15) is 36.5 Å². The molecule has 1 aromatic rings. The molecule has 1 amide bonds. The summed E-state index contributed by atoms with van der Waals surface area (Å²) in [6.07, 6.45) is 3.48. The van der Waals surface area contributed by atoms with E-state index in [4.69, 9.17) is 9.47 Å². The molecule has 4 heteroatoms. The highest BCUT2D eigenvalue weighted by Crippen LogP contribution is 2.32. The van der Waals surface area contributed by atoms with E-state index in [1.54, 1.807) is 18.2 Å². The summed E-state index contributed by atoms with van der Waals surface area (Å²) in [4.78, 5) is 12.1. The Labute approximate surface area is 106 Å². The van der Waals surface area contributed by atoms with Crippen molar-refractivity contribution in [1.82, 2.24) is 5.32 Å². The van der Waals surface area contributed by atoms with Gasteiger partial charge in [0, 0.05) is 11.6 Å². The van der Waals surface area contributed by atoms with Gasteiger partial charge in [0.15, 0.2) is 11.5 Å². The maximum Gasteiger partial charge on any atom is 0.251 e. The minimum Gasteiger partial charge on any atom is -0.454 e. The first-order valence-corrected chi connectivity index (χ1v) is 6.44. The molecule has 0 bridgehead atoms. The van der Waals surface area contributed by atoms with Gasteiger partial charge in [0.2, 0.25) is 6.79 Å². The smallest absolute Gasteiger partial charge is 0.251 e. The topological polar surface area (TPSA) is 47.6 Å². The SMILES string of the molecule is CC1CCCC1NC(=O)c1ccc2c(c1)OCO2. The minimum absolute atomic E-state index is 0.0212. The highest BCUT2D eigenvalue weighted by Gasteiger charge is 2.25. The molecule has 1 saturated carbocycles. The van der Waals surface area contributed by atoms with Crippen LogP contribution in [-0.4, -0.2) is 18.7 Å². The third-order valence-electron chi connectivity index (χ3n) is 3.81. The number of carbonyl (C=O) groups is 1. The van der Waals surface area contributed by atoms with Crippen LogP contribution in [0.2, 0.25) is 0 Å². The average molecular weight is 247 g/mol. The van der Waals surface area contributed by atoms with E-state index in [1.165, 1.54) is 12.8 Å². The van der Waals surface area contributed by atoms with Crippen molar-refractivity contribution in [1.29, 1.82) is 0 Å². The molecule has 1 aliphatic heterocycles. The normalized spacial score (nSPS) is 25.2. The summed E-state index contributed by atoms with van der Waals surface area (Å²) in [7, 11) is 0. The largest absolute Gasteiger partial charge is 0.454 e. The zero-order valence-corrected chi connectivity index (χ0v) is 10.4. The highest BCUT2D eigenvalue weighted by atomic mass is 16.7. The van der Waals surface area contributed by atoms with Gasteiger partial charge in [0.25, 0.3) is 5.91 Å². The van der Waals surface area contributed by atoms with Gasteiger partial charge in [-0.1, -0.05) is 13.3 Å². The van der Waals surface area contributed by atoms with E-state index in [0.717, 1.165) is 6.42 Å². The highest BCUT2D eigenvalue weighted by molar-refractivity contribution is 5.95. The first-order valence-electron chi connectivity index (χ1n) is 6.44.